The Hall–Kier alpha value is -0.870. The molecule has 1 N–H and O–H groups in total. The molecule has 2 saturated heterocycles. The van der Waals surface area contributed by atoms with E-state index < -0.39 is 0 Å². The number of aryl methyl sites for hydroxylation is 1. The average Bonchev–Trinajstić information content (AvgIpc) is 2.94. The minimum absolute atomic E-state index is 0.823. The smallest absolute Gasteiger partial charge is 0.122 e. The summed E-state index contributed by atoms with van der Waals surface area (Å²) in [6, 6.07) is 1.65. The Balaban J connectivity index is 1.43. The van der Waals surface area contributed by atoms with Gasteiger partial charge in [-0.1, -0.05) is 0 Å². The molecule has 4 nitrogen and oxygen atoms in total. The second-order valence-electron chi connectivity index (χ2n) is 6.46. The molecule has 1 aromatic heterocycles. The number of nitrogens with zero attached hydrogens (tertiary/aromatic N) is 3. The van der Waals surface area contributed by atoms with Crippen molar-refractivity contribution in [2.75, 3.05) is 13.6 Å². The Morgan fingerprint density at radius 1 is 1.37 bits per heavy atom. The summed E-state index contributed by atoms with van der Waals surface area (Å²) in [5.41, 5.74) is 0. The predicted octanol–water partition coefficient (Wildman–Crippen LogP) is 1.77. The molecule has 4 heteroatoms. The van der Waals surface area contributed by atoms with E-state index in [1.54, 1.807) is 0 Å². The Morgan fingerprint density at radius 3 is 2.74 bits per heavy atom. The topological polar surface area (TPSA) is 33.1 Å². The Bertz CT molecular complexity index is 402. The van der Waals surface area contributed by atoms with Crippen molar-refractivity contribution in [3.63, 3.8) is 0 Å². The lowest BCUT2D eigenvalue weighted by Gasteiger charge is -2.30. The second-order valence-corrected chi connectivity index (χ2v) is 6.46. The van der Waals surface area contributed by atoms with Crippen LogP contribution in [0.15, 0.2) is 12.4 Å². The minimum atomic E-state index is 0.823. The molecule has 0 aliphatic carbocycles. The number of hydrogen-bond acceptors (Lipinski definition) is 3. The van der Waals surface area contributed by atoms with E-state index in [0.717, 1.165) is 30.4 Å². The summed E-state index contributed by atoms with van der Waals surface area (Å²) >= 11 is 0. The van der Waals surface area contributed by atoms with Gasteiger partial charge in [0.15, 0.2) is 0 Å². The first-order valence-electron chi connectivity index (χ1n) is 7.61. The number of hydrogen-bond donors (Lipinski definition) is 1. The third-order valence-electron chi connectivity index (χ3n) is 4.82. The first kappa shape index (κ1) is 13.1. The van der Waals surface area contributed by atoms with E-state index in [1.165, 1.54) is 38.6 Å². The van der Waals surface area contributed by atoms with Gasteiger partial charge in [0, 0.05) is 31.5 Å². The van der Waals surface area contributed by atoms with Gasteiger partial charge in [-0.2, -0.15) is 0 Å². The molecule has 0 aromatic carbocycles. The zero-order valence-corrected chi connectivity index (χ0v) is 12.2. The summed E-state index contributed by atoms with van der Waals surface area (Å²) in [6.45, 7) is 2.15. The number of imidazole rings is 1. The molecule has 0 radical (unpaired) electrons. The van der Waals surface area contributed by atoms with Gasteiger partial charge in [0.1, 0.15) is 5.82 Å². The number of fused-ring (bicyclic) bond motifs is 2. The Labute approximate surface area is 116 Å². The van der Waals surface area contributed by atoms with Crippen LogP contribution in [0.2, 0.25) is 0 Å². The molecule has 1 aromatic rings. The summed E-state index contributed by atoms with van der Waals surface area (Å²) < 4.78 is 2.11. The number of piperidine rings is 1. The van der Waals surface area contributed by atoms with Gasteiger partial charge < -0.3 is 9.88 Å². The van der Waals surface area contributed by atoms with Crippen LogP contribution in [0.5, 0.6) is 0 Å². The molecule has 2 unspecified atom stereocenters. The van der Waals surface area contributed by atoms with Gasteiger partial charge in [0.25, 0.3) is 0 Å². The molecule has 106 valence electrons. The average molecular weight is 262 g/mol. The van der Waals surface area contributed by atoms with Crippen molar-refractivity contribution in [1.29, 1.82) is 0 Å². The molecule has 0 spiro atoms. The van der Waals surface area contributed by atoms with E-state index in [1.807, 2.05) is 12.4 Å². The van der Waals surface area contributed by atoms with E-state index in [9.17, 15) is 0 Å². The van der Waals surface area contributed by atoms with E-state index >= 15 is 0 Å². The van der Waals surface area contributed by atoms with Gasteiger partial charge in [-0.25, -0.2) is 4.98 Å². The van der Waals surface area contributed by atoms with Crippen molar-refractivity contribution in [3.8, 4) is 0 Å². The van der Waals surface area contributed by atoms with Crippen molar-refractivity contribution < 1.29 is 0 Å². The number of nitrogens with one attached hydrogen (secondary N) is 1. The van der Waals surface area contributed by atoms with Gasteiger partial charge in [-0.3, -0.25) is 4.90 Å². The lowest BCUT2D eigenvalue weighted by molar-refractivity contribution is 0.235. The zero-order valence-electron chi connectivity index (χ0n) is 12.2. The van der Waals surface area contributed by atoms with Crippen molar-refractivity contribution in [2.24, 2.45) is 13.0 Å². The van der Waals surface area contributed by atoms with Gasteiger partial charge >= 0.3 is 0 Å². The fourth-order valence-electron chi connectivity index (χ4n) is 3.68. The summed E-state index contributed by atoms with van der Waals surface area (Å²) in [4.78, 5) is 6.80. The van der Waals surface area contributed by atoms with Crippen molar-refractivity contribution in [1.82, 2.24) is 19.8 Å². The largest absolute Gasteiger partial charge is 0.337 e. The molecule has 2 fully saturated rings. The highest BCUT2D eigenvalue weighted by molar-refractivity contribution is 4.93. The van der Waals surface area contributed by atoms with E-state index in [0.29, 0.717) is 0 Å². The van der Waals surface area contributed by atoms with Gasteiger partial charge in [0.05, 0.1) is 6.54 Å². The molecule has 3 rings (SSSR count). The Morgan fingerprint density at radius 2 is 2.11 bits per heavy atom. The predicted molar refractivity (Wildman–Crippen MR) is 76.8 cm³/mol. The maximum atomic E-state index is 4.40. The first-order chi connectivity index (χ1) is 9.20. The second kappa shape index (κ2) is 5.63. The van der Waals surface area contributed by atoms with Gasteiger partial charge in [-0.15, -0.1) is 0 Å². The number of rotatable bonds is 5. The van der Waals surface area contributed by atoms with E-state index in [4.69, 9.17) is 0 Å². The van der Waals surface area contributed by atoms with Crippen LogP contribution in [-0.4, -0.2) is 40.1 Å². The van der Waals surface area contributed by atoms with Crippen molar-refractivity contribution >= 4 is 0 Å². The van der Waals surface area contributed by atoms with Crippen LogP contribution in [-0.2, 0) is 13.6 Å². The summed E-state index contributed by atoms with van der Waals surface area (Å²) in [5.74, 6) is 2.09. The minimum Gasteiger partial charge on any atom is -0.337 e. The van der Waals surface area contributed by atoms with Crippen LogP contribution in [0.25, 0.3) is 0 Å². The van der Waals surface area contributed by atoms with E-state index in [2.05, 4.69) is 33.9 Å². The molecule has 2 atom stereocenters. The molecular formula is C15H26N4. The first-order valence-corrected chi connectivity index (χ1v) is 7.61. The highest BCUT2D eigenvalue weighted by Gasteiger charge is 2.33. The fourth-order valence-corrected chi connectivity index (χ4v) is 3.68. The van der Waals surface area contributed by atoms with Gasteiger partial charge in [-0.05, 0) is 51.6 Å². The van der Waals surface area contributed by atoms with Crippen LogP contribution >= 0.6 is 0 Å². The Kier molecular flexibility index (Phi) is 3.89. The van der Waals surface area contributed by atoms with Crippen LogP contribution in [0.3, 0.4) is 0 Å². The maximum Gasteiger partial charge on any atom is 0.122 e. The third-order valence-corrected chi connectivity index (χ3v) is 4.82. The molecule has 2 aliphatic rings. The summed E-state index contributed by atoms with van der Waals surface area (Å²) in [7, 11) is 4.28. The molecule has 0 saturated carbocycles. The van der Waals surface area contributed by atoms with Crippen LogP contribution in [0.1, 0.15) is 37.9 Å². The highest BCUT2D eigenvalue weighted by Crippen LogP contribution is 2.32. The quantitative estimate of drug-likeness (QED) is 0.878. The monoisotopic (exact) mass is 262 g/mol. The fraction of sp³-hybridized carbons (Fsp3) is 0.800. The summed E-state index contributed by atoms with van der Waals surface area (Å²) in [6.07, 6.45) is 10.9. The molecule has 2 bridgehead atoms. The van der Waals surface area contributed by atoms with Crippen molar-refractivity contribution in [2.45, 2.75) is 50.7 Å². The van der Waals surface area contributed by atoms with Crippen LogP contribution < -0.4 is 5.32 Å². The normalized spacial score (nSPS) is 30.2. The summed E-state index contributed by atoms with van der Waals surface area (Å²) in [5, 5.41) is 3.72. The SMILES string of the molecule is CN(CCC1CC2CCC(C1)N2)Cc1nccn1C. The molecule has 19 heavy (non-hydrogen) atoms. The lowest BCUT2D eigenvalue weighted by atomic mass is 9.89. The zero-order chi connectivity index (χ0) is 13.2. The van der Waals surface area contributed by atoms with Crippen LogP contribution in [0, 0.1) is 5.92 Å². The van der Waals surface area contributed by atoms with Crippen molar-refractivity contribution in [3.05, 3.63) is 18.2 Å². The number of aromatic nitrogens is 2. The standard InChI is InChI=1S/C15H26N4/c1-18(11-15-16-6-8-19(15)2)7-5-12-9-13-3-4-14(10-12)17-13/h6,8,12-14,17H,3-5,7,9-11H2,1-2H3. The highest BCUT2D eigenvalue weighted by atomic mass is 15.1. The molecule has 2 aliphatic heterocycles. The molecular weight excluding hydrogens is 236 g/mol. The van der Waals surface area contributed by atoms with Crippen LogP contribution in [0.4, 0.5) is 0 Å². The maximum absolute atomic E-state index is 4.40. The molecule has 0 amide bonds. The van der Waals surface area contributed by atoms with E-state index in [-0.39, 0.29) is 0 Å². The lowest BCUT2D eigenvalue weighted by Crippen LogP contribution is -2.38. The molecule has 3 heterocycles. The third kappa shape index (κ3) is 3.18. The van der Waals surface area contributed by atoms with Gasteiger partial charge in [0.2, 0.25) is 0 Å².